The first-order chi connectivity index (χ1) is 8.34. The first-order valence-electron chi connectivity index (χ1n) is 5.92. The Morgan fingerprint density at radius 3 is 2.59 bits per heavy atom. The summed E-state index contributed by atoms with van der Waals surface area (Å²) in [4.78, 5) is 12.9. The molecule has 88 valence electrons. The van der Waals surface area contributed by atoms with Gasteiger partial charge in [-0.3, -0.25) is 4.79 Å². The number of carbonyl (C=O) groups excluding carboxylic acids is 1. The number of aryl methyl sites for hydroxylation is 1. The highest BCUT2D eigenvalue weighted by Crippen LogP contribution is 2.12. The third-order valence-corrected chi connectivity index (χ3v) is 3.59. The topological polar surface area (TPSA) is 17.1 Å². The molecule has 2 rings (SSSR count). The van der Waals surface area contributed by atoms with E-state index in [1.165, 1.54) is 10.4 Å². The highest BCUT2D eigenvalue weighted by atomic mass is 32.1. The van der Waals surface area contributed by atoms with Crippen molar-refractivity contribution in [1.29, 1.82) is 0 Å². The number of hydrogen-bond acceptors (Lipinski definition) is 2. The summed E-state index contributed by atoms with van der Waals surface area (Å²) in [7, 11) is 0. The largest absolute Gasteiger partial charge is 0.299 e. The molecule has 0 bridgehead atoms. The van der Waals surface area contributed by atoms with E-state index in [2.05, 4.69) is 12.1 Å². The summed E-state index contributed by atoms with van der Waals surface area (Å²) in [6, 6.07) is 14.4. The van der Waals surface area contributed by atoms with Gasteiger partial charge in [0.15, 0.2) is 0 Å². The second kappa shape index (κ2) is 6.36. The number of Topliss-reactive ketones (excluding diaryl/α,β-unsaturated/α-hetero) is 1. The molecule has 0 atom stereocenters. The number of rotatable bonds is 6. The monoisotopic (exact) mass is 244 g/mol. The van der Waals surface area contributed by atoms with E-state index < -0.39 is 0 Å². The average Bonchev–Trinajstić information content (AvgIpc) is 2.83. The lowest BCUT2D eigenvalue weighted by molar-refractivity contribution is -0.118. The molecule has 17 heavy (non-hydrogen) atoms. The number of carbonyl (C=O) groups is 1. The van der Waals surface area contributed by atoms with E-state index in [-0.39, 0.29) is 0 Å². The Kier molecular flexibility index (Phi) is 4.51. The molecule has 0 unspecified atom stereocenters. The Balaban J connectivity index is 1.70. The number of benzene rings is 1. The zero-order valence-electron chi connectivity index (χ0n) is 9.76. The molecular weight excluding hydrogens is 228 g/mol. The standard InChI is InChI=1S/C15H16OS/c16-14(12-15-10-5-11-17-15)9-4-8-13-6-2-1-3-7-13/h1-3,5-7,10-11H,4,8-9,12H2. The van der Waals surface area contributed by atoms with Gasteiger partial charge in [0.05, 0.1) is 0 Å². The van der Waals surface area contributed by atoms with Crippen LogP contribution in [0, 0.1) is 0 Å². The Bertz CT molecular complexity index is 445. The molecule has 0 saturated carbocycles. The Morgan fingerprint density at radius 2 is 1.88 bits per heavy atom. The van der Waals surface area contributed by atoms with Crippen LogP contribution >= 0.6 is 11.3 Å². The van der Waals surface area contributed by atoms with Gasteiger partial charge in [-0.1, -0.05) is 36.4 Å². The first kappa shape index (κ1) is 12.1. The van der Waals surface area contributed by atoms with Gasteiger partial charge in [-0.15, -0.1) is 11.3 Å². The second-order valence-corrected chi connectivity index (χ2v) is 5.17. The molecule has 2 aromatic rings. The molecule has 0 aliphatic heterocycles. The normalized spacial score (nSPS) is 10.4. The minimum Gasteiger partial charge on any atom is -0.299 e. The molecule has 0 radical (unpaired) electrons. The molecular formula is C15H16OS. The lowest BCUT2D eigenvalue weighted by atomic mass is 10.1. The fourth-order valence-electron chi connectivity index (χ4n) is 1.83. The molecule has 0 saturated heterocycles. The summed E-state index contributed by atoms with van der Waals surface area (Å²) >= 11 is 1.66. The highest BCUT2D eigenvalue weighted by Gasteiger charge is 2.04. The van der Waals surface area contributed by atoms with Gasteiger partial charge < -0.3 is 0 Å². The maximum Gasteiger partial charge on any atom is 0.138 e. The van der Waals surface area contributed by atoms with E-state index in [0.717, 1.165) is 12.8 Å². The van der Waals surface area contributed by atoms with E-state index >= 15 is 0 Å². The predicted molar refractivity (Wildman–Crippen MR) is 72.4 cm³/mol. The third-order valence-electron chi connectivity index (χ3n) is 2.72. The van der Waals surface area contributed by atoms with Crippen LogP contribution in [0.5, 0.6) is 0 Å². The zero-order chi connectivity index (χ0) is 11.9. The van der Waals surface area contributed by atoms with Gasteiger partial charge >= 0.3 is 0 Å². The maximum absolute atomic E-state index is 11.7. The smallest absolute Gasteiger partial charge is 0.138 e. The predicted octanol–water partition coefficient (Wildman–Crippen LogP) is 3.88. The molecule has 1 aromatic carbocycles. The maximum atomic E-state index is 11.7. The van der Waals surface area contributed by atoms with Gasteiger partial charge in [-0.2, -0.15) is 0 Å². The summed E-state index contributed by atoms with van der Waals surface area (Å²) in [6.45, 7) is 0. The van der Waals surface area contributed by atoms with Crippen molar-refractivity contribution in [2.24, 2.45) is 0 Å². The average molecular weight is 244 g/mol. The Labute approximate surface area is 106 Å². The van der Waals surface area contributed by atoms with Gasteiger partial charge in [0.1, 0.15) is 5.78 Å². The van der Waals surface area contributed by atoms with Crippen molar-refractivity contribution < 1.29 is 4.79 Å². The van der Waals surface area contributed by atoms with Crippen LogP contribution in [0.4, 0.5) is 0 Å². The Hall–Kier alpha value is -1.41. The van der Waals surface area contributed by atoms with Crippen LogP contribution in [0.1, 0.15) is 23.3 Å². The second-order valence-electron chi connectivity index (χ2n) is 4.13. The van der Waals surface area contributed by atoms with E-state index in [1.807, 2.05) is 35.7 Å². The van der Waals surface area contributed by atoms with Crippen molar-refractivity contribution in [2.75, 3.05) is 0 Å². The van der Waals surface area contributed by atoms with Gasteiger partial charge in [-0.05, 0) is 29.9 Å². The van der Waals surface area contributed by atoms with Crippen LogP contribution in [0.2, 0.25) is 0 Å². The number of ketones is 1. The fraction of sp³-hybridized carbons (Fsp3) is 0.267. The molecule has 0 amide bonds. The van der Waals surface area contributed by atoms with Crippen molar-refractivity contribution in [3.8, 4) is 0 Å². The van der Waals surface area contributed by atoms with Crippen LogP contribution in [-0.2, 0) is 17.6 Å². The summed E-state index contributed by atoms with van der Waals surface area (Å²) in [5, 5.41) is 2.02. The number of thiophene rings is 1. The lowest BCUT2D eigenvalue weighted by Crippen LogP contribution is -2.01. The van der Waals surface area contributed by atoms with Crippen LogP contribution in [0.15, 0.2) is 47.8 Å². The molecule has 1 heterocycles. The van der Waals surface area contributed by atoms with E-state index in [0.29, 0.717) is 18.6 Å². The summed E-state index contributed by atoms with van der Waals surface area (Å²) in [5.41, 5.74) is 1.32. The minimum atomic E-state index is 0.350. The fourth-order valence-corrected chi connectivity index (χ4v) is 2.56. The van der Waals surface area contributed by atoms with Crippen molar-refractivity contribution in [3.05, 3.63) is 58.3 Å². The SMILES string of the molecule is O=C(CCCc1ccccc1)Cc1cccs1. The van der Waals surface area contributed by atoms with Gasteiger partial charge in [0.2, 0.25) is 0 Å². The molecule has 0 aliphatic carbocycles. The Morgan fingerprint density at radius 1 is 1.06 bits per heavy atom. The number of hydrogen-bond donors (Lipinski definition) is 0. The first-order valence-corrected chi connectivity index (χ1v) is 6.80. The van der Waals surface area contributed by atoms with Crippen molar-refractivity contribution >= 4 is 17.1 Å². The van der Waals surface area contributed by atoms with E-state index in [1.54, 1.807) is 11.3 Å². The van der Waals surface area contributed by atoms with Crippen LogP contribution in [0.25, 0.3) is 0 Å². The van der Waals surface area contributed by atoms with Gasteiger partial charge in [-0.25, -0.2) is 0 Å². The summed E-state index contributed by atoms with van der Waals surface area (Å²) in [6.07, 6.45) is 3.24. The zero-order valence-corrected chi connectivity index (χ0v) is 10.6. The molecule has 2 heteroatoms. The minimum absolute atomic E-state index is 0.350. The van der Waals surface area contributed by atoms with Gasteiger partial charge in [0, 0.05) is 17.7 Å². The van der Waals surface area contributed by atoms with Crippen molar-refractivity contribution in [3.63, 3.8) is 0 Å². The van der Waals surface area contributed by atoms with Crippen molar-refractivity contribution in [2.45, 2.75) is 25.7 Å². The molecule has 0 spiro atoms. The highest BCUT2D eigenvalue weighted by molar-refractivity contribution is 7.10. The molecule has 1 aromatic heterocycles. The van der Waals surface area contributed by atoms with Gasteiger partial charge in [0.25, 0.3) is 0 Å². The quantitative estimate of drug-likeness (QED) is 0.753. The molecule has 0 N–H and O–H groups in total. The molecule has 0 aliphatic rings. The lowest BCUT2D eigenvalue weighted by Gasteiger charge is -2.00. The van der Waals surface area contributed by atoms with E-state index in [9.17, 15) is 4.79 Å². The molecule has 0 fully saturated rings. The van der Waals surface area contributed by atoms with Crippen molar-refractivity contribution in [1.82, 2.24) is 0 Å². The van der Waals surface area contributed by atoms with Crippen LogP contribution in [0.3, 0.4) is 0 Å². The van der Waals surface area contributed by atoms with Crippen LogP contribution in [-0.4, -0.2) is 5.78 Å². The summed E-state index contributed by atoms with van der Waals surface area (Å²) in [5.74, 6) is 0.350. The van der Waals surface area contributed by atoms with Crippen LogP contribution < -0.4 is 0 Å². The van der Waals surface area contributed by atoms with E-state index in [4.69, 9.17) is 0 Å². The third kappa shape index (κ3) is 4.16. The molecule has 1 nitrogen and oxygen atoms in total. The summed E-state index contributed by atoms with van der Waals surface area (Å²) < 4.78 is 0.